The highest BCUT2D eigenvalue weighted by molar-refractivity contribution is 4.84. The first-order valence-corrected chi connectivity index (χ1v) is 4.71. The molecule has 0 aromatic rings. The Labute approximate surface area is 76.6 Å². The largest absolute Gasteiger partial charge is 0.247 e. The van der Waals surface area contributed by atoms with Gasteiger partial charge >= 0.3 is 0 Å². The molecule has 0 aliphatic heterocycles. The lowest BCUT2D eigenvalue weighted by Crippen LogP contribution is -2.35. The lowest BCUT2D eigenvalue weighted by Gasteiger charge is -2.36. The summed E-state index contributed by atoms with van der Waals surface area (Å²) in [4.78, 5) is 0. The summed E-state index contributed by atoms with van der Waals surface area (Å²) >= 11 is 0. The smallest absolute Gasteiger partial charge is 0.108 e. The molecule has 0 radical (unpaired) electrons. The predicted octanol–water partition coefficient (Wildman–Crippen LogP) is 4.05. The summed E-state index contributed by atoms with van der Waals surface area (Å²) < 4.78 is 13.8. The van der Waals surface area contributed by atoms with Gasteiger partial charge < -0.3 is 0 Å². The lowest BCUT2D eigenvalue weighted by atomic mass is 9.72. The van der Waals surface area contributed by atoms with Crippen molar-refractivity contribution in [2.45, 2.75) is 54.6 Å². The van der Waals surface area contributed by atoms with E-state index in [0.29, 0.717) is 0 Å². The third kappa shape index (κ3) is 3.12. The van der Waals surface area contributed by atoms with Gasteiger partial charge in [-0.3, -0.25) is 0 Å². The van der Waals surface area contributed by atoms with Crippen molar-refractivity contribution < 1.29 is 4.39 Å². The number of rotatable bonds is 1. The lowest BCUT2D eigenvalue weighted by molar-refractivity contribution is 0.0462. The second-order valence-electron chi connectivity index (χ2n) is 5.92. The van der Waals surface area contributed by atoms with E-state index in [1.807, 2.05) is 27.7 Å². The zero-order valence-electron chi connectivity index (χ0n) is 9.53. The van der Waals surface area contributed by atoms with Crippen molar-refractivity contribution in [2.24, 2.45) is 16.7 Å². The molecule has 2 unspecified atom stereocenters. The van der Waals surface area contributed by atoms with E-state index in [2.05, 4.69) is 20.8 Å². The van der Waals surface area contributed by atoms with Crippen LogP contribution in [0.15, 0.2) is 0 Å². The summed E-state index contributed by atoms with van der Waals surface area (Å²) in [5.74, 6) is 0.109. The molecule has 0 bridgehead atoms. The van der Waals surface area contributed by atoms with Crippen LogP contribution in [0.3, 0.4) is 0 Å². The van der Waals surface area contributed by atoms with Crippen LogP contribution in [0, 0.1) is 16.7 Å². The van der Waals surface area contributed by atoms with E-state index in [9.17, 15) is 4.39 Å². The third-order valence-electron chi connectivity index (χ3n) is 2.63. The normalized spacial score (nSPS) is 19.0. The van der Waals surface area contributed by atoms with E-state index >= 15 is 0 Å². The molecule has 0 spiro atoms. The molecule has 0 heterocycles. The predicted molar refractivity (Wildman–Crippen MR) is 53.0 cm³/mol. The fraction of sp³-hybridized carbons (Fsp3) is 1.00. The molecule has 0 saturated heterocycles. The van der Waals surface area contributed by atoms with Crippen LogP contribution in [0.2, 0.25) is 0 Å². The Morgan fingerprint density at radius 3 is 1.25 bits per heavy atom. The van der Waals surface area contributed by atoms with Crippen molar-refractivity contribution in [3.63, 3.8) is 0 Å². The average Bonchev–Trinajstić information content (AvgIpc) is 1.80. The first-order chi connectivity index (χ1) is 5.07. The monoisotopic (exact) mass is 174 g/mol. The van der Waals surface area contributed by atoms with E-state index in [4.69, 9.17) is 0 Å². The van der Waals surface area contributed by atoms with Crippen LogP contribution >= 0.6 is 0 Å². The molecule has 12 heavy (non-hydrogen) atoms. The first-order valence-electron chi connectivity index (χ1n) is 4.71. The van der Waals surface area contributed by atoms with Crippen LogP contribution in [0.25, 0.3) is 0 Å². The standard InChI is InChI=1S/C11H23F/c1-8(10(2,3)4)9(12)11(5,6)7/h8-9H,1-7H3. The zero-order chi connectivity index (χ0) is 10.2. The van der Waals surface area contributed by atoms with Gasteiger partial charge in [-0.1, -0.05) is 48.5 Å². The van der Waals surface area contributed by atoms with Crippen LogP contribution in [0.1, 0.15) is 48.5 Å². The van der Waals surface area contributed by atoms with Crippen molar-refractivity contribution in [3.8, 4) is 0 Å². The van der Waals surface area contributed by atoms with Crippen LogP contribution < -0.4 is 0 Å². The van der Waals surface area contributed by atoms with Gasteiger partial charge in [0.1, 0.15) is 6.17 Å². The van der Waals surface area contributed by atoms with Crippen LogP contribution in [0.5, 0.6) is 0 Å². The molecule has 1 heteroatoms. The molecule has 2 atom stereocenters. The summed E-state index contributed by atoms with van der Waals surface area (Å²) in [7, 11) is 0. The first kappa shape index (κ1) is 11.9. The van der Waals surface area contributed by atoms with E-state index in [-0.39, 0.29) is 16.7 Å². The van der Waals surface area contributed by atoms with Gasteiger partial charge in [-0.25, -0.2) is 4.39 Å². The molecule has 0 aromatic carbocycles. The Morgan fingerprint density at radius 1 is 0.833 bits per heavy atom. The van der Waals surface area contributed by atoms with Crippen molar-refractivity contribution in [3.05, 3.63) is 0 Å². The minimum Gasteiger partial charge on any atom is -0.247 e. The minimum absolute atomic E-state index is 0.0622. The van der Waals surface area contributed by atoms with E-state index < -0.39 is 6.17 Å². The number of hydrogen-bond donors (Lipinski definition) is 0. The quantitative estimate of drug-likeness (QED) is 0.562. The van der Waals surface area contributed by atoms with Crippen molar-refractivity contribution in [1.29, 1.82) is 0 Å². The summed E-state index contributed by atoms with van der Waals surface area (Å²) in [5.41, 5.74) is -0.167. The highest BCUT2D eigenvalue weighted by Crippen LogP contribution is 2.37. The fourth-order valence-corrected chi connectivity index (χ4v) is 1.19. The molecule has 74 valence electrons. The second kappa shape index (κ2) is 3.35. The van der Waals surface area contributed by atoms with Crippen LogP contribution in [-0.2, 0) is 0 Å². The molecule has 0 nitrogen and oxygen atoms in total. The van der Waals surface area contributed by atoms with Gasteiger partial charge in [-0.2, -0.15) is 0 Å². The van der Waals surface area contributed by atoms with E-state index in [1.165, 1.54) is 0 Å². The van der Waals surface area contributed by atoms with E-state index in [0.717, 1.165) is 0 Å². The highest BCUT2D eigenvalue weighted by atomic mass is 19.1. The van der Waals surface area contributed by atoms with Crippen molar-refractivity contribution >= 4 is 0 Å². The fourth-order valence-electron chi connectivity index (χ4n) is 1.19. The summed E-state index contributed by atoms with van der Waals surface area (Å²) in [6.07, 6.45) is -0.725. The molecule has 0 aliphatic carbocycles. The Kier molecular flexibility index (Phi) is 3.33. The number of alkyl halides is 1. The topological polar surface area (TPSA) is 0 Å². The van der Waals surface area contributed by atoms with Gasteiger partial charge in [0.25, 0.3) is 0 Å². The average molecular weight is 174 g/mol. The van der Waals surface area contributed by atoms with Gasteiger partial charge in [0.15, 0.2) is 0 Å². The second-order valence-corrected chi connectivity index (χ2v) is 5.92. The Balaban J connectivity index is 4.41. The Bertz CT molecular complexity index is 118. The Morgan fingerprint density at radius 2 is 1.17 bits per heavy atom. The van der Waals surface area contributed by atoms with Gasteiger partial charge in [0.05, 0.1) is 0 Å². The zero-order valence-corrected chi connectivity index (χ0v) is 9.53. The van der Waals surface area contributed by atoms with Crippen molar-refractivity contribution in [2.75, 3.05) is 0 Å². The molecule has 0 fully saturated rings. The van der Waals surface area contributed by atoms with Gasteiger partial charge in [0.2, 0.25) is 0 Å². The molecular weight excluding hydrogens is 151 g/mol. The maximum absolute atomic E-state index is 13.8. The summed E-state index contributed by atoms with van der Waals surface area (Å²) in [6, 6.07) is 0. The molecule has 0 aromatic heterocycles. The number of hydrogen-bond acceptors (Lipinski definition) is 0. The third-order valence-corrected chi connectivity index (χ3v) is 2.63. The SMILES string of the molecule is CC(C(F)C(C)(C)C)C(C)(C)C. The summed E-state index contributed by atoms with van der Waals surface area (Å²) in [5, 5.41) is 0. The Hall–Kier alpha value is -0.0700. The van der Waals surface area contributed by atoms with Crippen LogP contribution in [-0.4, -0.2) is 6.17 Å². The molecule has 0 amide bonds. The van der Waals surface area contributed by atoms with Gasteiger partial charge in [-0.05, 0) is 16.7 Å². The van der Waals surface area contributed by atoms with Gasteiger partial charge in [-0.15, -0.1) is 0 Å². The molecule has 0 aliphatic rings. The highest BCUT2D eigenvalue weighted by Gasteiger charge is 2.35. The maximum atomic E-state index is 13.8. The number of halogens is 1. The maximum Gasteiger partial charge on any atom is 0.108 e. The van der Waals surface area contributed by atoms with Crippen molar-refractivity contribution in [1.82, 2.24) is 0 Å². The molecule has 0 rings (SSSR count). The van der Waals surface area contributed by atoms with Gasteiger partial charge in [0, 0.05) is 0 Å². The summed E-state index contributed by atoms with van der Waals surface area (Å²) in [6.45, 7) is 14.2. The van der Waals surface area contributed by atoms with Crippen LogP contribution in [0.4, 0.5) is 4.39 Å². The van der Waals surface area contributed by atoms with E-state index in [1.54, 1.807) is 0 Å². The molecule has 0 N–H and O–H groups in total. The molecule has 0 saturated carbocycles. The minimum atomic E-state index is -0.725. The molecular formula is C11H23F.